The van der Waals surface area contributed by atoms with Crippen LogP contribution in [0.5, 0.6) is 5.75 Å². The summed E-state index contributed by atoms with van der Waals surface area (Å²) < 4.78 is 51.1. The summed E-state index contributed by atoms with van der Waals surface area (Å²) in [6.45, 7) is 4.17. The molecule has 13 heteroatoms. The maximum atomic E-state index is 13.3. The third-order valence-electron chi connectivity index (χ3n) is 8.52. The molecule has 3 aliphatic rings. The van der Waals surface area contributed by atoms with Gasteiger partial charge in [-0.3, -0.25) is 19.8 Å². The number of benzene rings is 2. The van der Waals surface area contributed by atoms with E-state index in [2.05, 4.69) is 4.90 Å². The second kappa shape index (κ2) is 11.8. The molecule has 0 amide bonds. The second-order valence-electron chi connectivity index (χ2n) is 11.3. The van der Waals surface area contributed by atoms with Gasteiger partial charge in [0, 0.05) is 56.7 Å². The summed E-state index contributed by atoms with van der Waals surface area (Å²) in [5.41, 5.74) is -0.966. The van der Waals surface area contributed by atoms with E-state index in [9.17, 15) is 32.9 Å². The minimum absolute atomic E-state index is 0.0510. The summed E-state index contributed by atoms with van der Waals surface area (Å²) in [6.07, 6.45) is -0.555. The summed E-state index contributed by atoms with van der Waals surface area (Å²) in [7, 11) is 0. The molecule has 1 saturated heterocycles. The van der Waals surface area contributed by atoms with E-state index in [0.29, 0.717) is 48.3 Å². The Morgan fingerprint density at radius 3 is 2.51 bits per heavy atom. The van der Waals surface area contributed by atoms with Crippen molar-refractivity contribution >= 4 is 38.1 Å². The Balaban J connectivity index is 1.02. The van der Waals surface area contributed by atoms with Crippen molar-refractivity contribution in [3.8, 4) is 5.75 Å². The number of nitrogens with zero attached hydrogens (tertiary/aromatic N) is 3. The number of hydrogen-bond donors (Lipinski definition) is 0. The Kier molecular flexibility index (Phi) is 8.03. The van der Waals surface area contributed by atoms with Crippen LogP contribution < -0.4 is 15.1 Å². The SMILES string of the molecule is O=C(OC1CCC(CN2CCN(c3cc(=O)c4cc(C(F)(F)F)cc([N+](=O)[O-])c4s3)CC2)CC1)c1ccc2c(c1)OCC2. The number of nitro groups is 1. The van der Waals surface area contributed by atoms with Gasteiger partial charge in [0.2, 0.25) is 0 Å². The second-order valence-corrected chi connectivity index (χ2v) is 12.4. The zero-order chi connectivity index (χ0) is 30.3. The average molecular weight is 618 g/mol. The zero-order valence-electron chi connectivity index (χ0n) is 23.2. The van der Waals surface area contributed by atoms with E-state index < -0.39 is 27.8 Å². The van der Waals surface area contributed by atoms with Gasteiger partial charge in [-0.15, -0.1) is 11.3 Å². The lowest BCUT2D eigenvalue weighted by Gasteiger charge is -2.38. The maximum absolute atomic E-state index is 13.3. The average Bonchev–Trinajstić information content (AvgIpc) is 3.45. The van der Waals surface area contributed by atoms with Crippen molar-refractivity contribution in [3.63, 3.8) is 0 Å². The number of halogens is 3. The Hall–Kier alpha value is -3.71. The first-order valence-electron chi connectivity index (χ1n) is 14.3. The number of carbonyl (C=O) groups excluding carboxylic acids is 1. The van der Waals surface area contributed by atoms with Crippen molar-refractivity contribution in [3.05, 3.63) is 73.4 Å². The van der Waals surface area contributed by atoms with Gasteiger partial charge in [-0.25, -0.2) is 4.79 Å². The predicted molar refractivity (Wildman–Crippen MR) is 155 cm³/mol. The molecule has 0 radical (unpaired) electrons. The molecule has 0 spiro atoms. The summed E-state index contributed by atoms with van der Waals surface area (Å²) in [6, 6.07) is 7.95. The van der Waals surface area contributed by atoms with Gasteiger partial charge in [-0.1, -0.05) is 6.07 Å². The van der Waals surface area contributed by atoms with Gasteiger partial charge < -0.3 is 14.4 Å². The van der Waals surface area contributed by atoms with Crippen LogP contribution in [0, 0.1) is 16.0 Å². The first kappa shape index (κ1) is 29.4. The summed E-state index contributed by atoms with van der Waals surface area (Å²) in [4.78, 5) is 40.5. The lowest BCUT2D eigenvalue weighted by molar-refractivity contribution is -0.383. The van der Waals surface area contributed by atoms with Crippen molar-refractivity contribution in [1.29, 1.82) is 0 Å². The molecule has 6 rings (SSSR count). The summed E-state index contributed by atoms with van der Waals surface area (Å²) in [5.74, 6) is 0.908. The fourth-order valence-electron chi connectivity index (χ4n) is 6.14. The predicted octanol–water partition coefficient (Wildman–Crippen LogP) is 5.66. The van der Waals surface area contributed by atoms with Crippen LogP contribution in [0.1, 0.15) is 47.2 Å². The number of anilines is 1. The zero-order valence-corrected chi connectivity index (χ0v) is 24.0. The highest BCUT2D eigenvalue weighted by molar-refractivity contribution is 7.22. The molecule has 0 N–H and O–H groups in total. The van der Waals surface area contributed by atoms with Gasteiger partial charge in [0.15, 0.2) is 5.43 Å². The standard InChI is InChI=1S/C30H30F3N3O6S/c31-30(32,33)21-14-23-25(37)16-27(43-28(23)24(15-21)36(39)40)35-10-8-34(9-11-35)17-18-1-5-22(6-2-18)42-29(38)20-4-3-19-7-12-41-26(19)13-20/h3-4,13-16,18,22H,1-2,5-12,17H2. The fraction of sp³-hybridized carbons (Fsp3) is 0.467. The molecule has 0 unspecified atom stereocenters. The van der Waals surface area contributed by atoms with E-state index in [1.807, 2.05) is 11.0 Å². The molecule has 3 heterocycles. The van der Waals surface area contributed by atoms with Gasteiger partial charge >= 0.3 is 12.1 Å². The third kappa shape index (κ3) is 6.32. The number of esters is 1. The number of piperazine rings is 1. The van der Waals surface area contributed by atoms with Crippen molar-refractivity contribution in [2.45, 2.75) is 44.4 Å². The van der Waals surface area contributed by atoms with Crippen molar-refractivity contribution in [2.24, 2.45) is 5.92 Å². The van der Waals surface area contributed by atoms with E-state index in [4.69, 9.17) is 9.47 Å². The number of alkyl halides is 3. The monoisotopic (exact) mass is 617 g/mol. The molecule has 3 aromatic rings. The Bertz CT molecular complexity index is 1610. The number of rotatable bonds is 6. The van der Waals surface area contributed by atoms with Gasteiger partial charge in [-0.2, -0.15) is 13.2 Å². The van der Waals surface area contributed by atoms with Crippen LogP contribution in [0.2, 0.25) is 0 Å². The normalized spacial score (nSPS) is 21.0. The van der Waals surface area contributed by atoms with Crippen LogP contribution in [-0.4, -0.2) is 61.2 Å². The largest absolute Gasteiger partial charge is 0.493 e. The molecule has 2 fully saturated rings. The van der Waals surface area contributed by atoms with E-state index in [1.54, 1.807) is 12.1 Å². The first-order valence-corrected chi connectivity index (χ1v) is 15.1. The first-order chi connectivity index (χ1) is 20.5. The highest BCUT2D eigenvalue weighted by Crippen LogP contribution is 2.39. The molecule has 1 aromatic heterocycles. The van der Waals surface area contributed by atoms with E-state index in [-0.39, 0.29) is 22.2 Å². The molecular weight excluding hydrogens is 587 g/mol. The van der Waals surface area contributed by atoms with Gasteiger partial charge in [0.05, 0.1) is 27.7 Å². The molecule has 9 nitrogen and oxygen atoms in total. The number of hydrogen-bond acceptors (Lipinski definition) is 9. The fourth-order valence-corrected chi connectivity index (χ4v) is 7.34. The molecule has 43 heavy (non-hydrogen) atoms. The molecule has 2 aromatic carbocycles. The lowest BCUT2D eigenvalue weighted by atomic mass is 9.87. The minimum Gasteiger partial charge on any atom is -0.493 e. The Morgan fingerprint density at radius 2 is 1.81 bits per heavy atom. The molecule has 0 bridgehead atoms. The summed E-state index contributed by atoms with van der Waals surface area (Å²) >= 11 is 0.978. The van der Waals surface area contributed by atoms with Gasteiger partial charge in [0.1, 0.15) is 16.6 Å². The molecule has 2 aliphatic heterocycles. The van der Waals surface area contributed by atoms with Gasteiger partial charge in [0.25, 0.3) is 5.69 Å². The van der Waals surface area contributed by atoms with Crippen molar-refractivity contribution < 1.29 is 32.4 Å². The van der Waals surface area contributed by atoms with E-state index in [1.165, 1.54) is 6.07 Å². The molecule has 1 saturated carbocycles. The number of fused-ring (bicyclic) bond motifs is 2. The highest BCUT2D eigenvalue weighted by Gasteiger charge is 2.34. The van der Waals surface area contributed by atoms with Crippen LogP contribution in [0.15, 0.2) is 41.2 Å². The lowest BCUT2D eigenvalue weighted by Crippen LogP contribution is -2.48. The topological polar surface area (TPSA) is 102 Å². The quantitative estimate of drug-likeness (QED) is 0.198. The smallest absolute Gasteiger partial charge is 0.416 e. The number of nitro benzene ring substituents is 1. The van der Waals surface area contributed by atoms with E-state index >= 15 is 0 Å². The number of non-ortho nitro benzene ring substituents is 1. The van der Waals surface area contributed by atoms with Crippen LogP contribution in [0.25, 0.3) is 10.1 Å². The maximum Gasteiger partial charge on any atom is 0.416 e. The van der Waals surface area contributed by atoms with Crippen molar-refractivity contribution in [2.75, 3.05) is 44.2 Å². The molecule has 1 aliphatic carbocycles. The van der Waals surface area contributed by atoms with E-state index in [0.717, 1.165) is 74.4 Å². The highest BCUT2D eigenvalue weighted by atomic mass is 32.1. The summed E-state index contributed by atoms with van der Waals surface area (Å²) in [5, 5.41) is 11.8. The Morgan fingerprint density at radius 1 is 1.07 bits per heavy atom. The molecular formula is C30H30F3N3O6S. The molecule has 0 atom stereocenters. The molecule has 228 valence electrons. The van der Waals surface area contributed by atoms with Gasteiger partial charge in [-0.05, 0) is 55.4 Å². The van der Waals surface area contributed by atoms with Crippen LogP contribution in [0.4, 0.5) is 23.9 Å². The van der Waals surface area contributed by atoms with Crippen LogP contribution >= 0.6 is 11.3 Å². The third-order valence-corrected chi connectivity index (χ3v) is 9.74. The number of ether oxygens (including phenoxy) is 2. The number of carbonyl (C=O) groups is 1. The minimum atomic E-state index is -4.80. The van der Waals surface area contributed by atoms with Crippen LogP contribution in [-0.2, 0) is 17.3 Å². The Labute approximate surface area is 248 Å². The van der Waals surface area contributed by atoms with Crippen LogP contribution in [0.3, 0.4) is 0 Å². The van der Waals surface area contributed by atoms with Crippen molar-refractivity contribution in [1.82, 2.24) is 4.90 Å².